The van der Waals surface area contributed by atoms with Crippen molar-refractivity contribution < 1.29 is 29.4 Å². The number of guanidine groups is 1. The summed E-state index contributed by atoms with van der Waals surface area (Å²) in [5.41, 5.74) is 16.9. The van der Waals surface area contributed by atoms with Crippen LogP contribution >= 0.6 is 0 Å². The third-order valence-electron chi connectivity index (χ3n) is 5.78. The van der Waals surface area contributed by atoms with Crippen molar-refractivity contribution in [1.29, 1.82) is 0 Å². The number of nitrogens with one attached hydrogen (secondary N) is 3. The average Bonchev–Trinajstić information content (AvgIpc) is 3.50. The Labute approximate surface area is 207 Å². The number of carboxylic acid groups (broad SMARTS) is 1. The molecule has 1 aliphatic rings. The molecule has 11 N–H and O–H groups in total. The van der Waals surface area contributed by atoms with E-state index in [2.05, 4.69) is 25.6 Å². The molecule has 1 aromatic heterocycles. The summed E-state index contributed by atoms with van der Waals surface area (Å²) in [6.07, 6.45) is 3.03. The van der Waals surface area contributed by atoms with Gasteiger partial charge in [-0.05, 0) is 32.6 Å². The number of aliphatic hydroxyl groups excluding tert-OH is 1. The maximum atomic E-state index is 13.2. The van der Waals surface area contributed by atoms with Crippen LogP contribution in [0.15, 0.2) is 17.5 Å². The summed E-state index contributed by atoms with van der Waals surface area (Å²) in [7, 11) is 0. The number of aliphatic imine (C=N–C) groups is 1. The molecule has 36 heavy (non-hydrogen) atoms. The summed E-state index contributed by atoms with van der Waals surface area (Å²) >= 11 is 0. The molecule has 15 nitrogen and oxygen atoms in total. The molecule has 2 rings (SSSR count). The molecule has 1 aliphatic heterocycles. The van der Waals surface area contributed by atoms with Gasteiger partial charge in [0.1, 0.15) is 18.1 Å². The van der Waals surface area contributed by atoms with E-state index < -0.39 is 54.0 Å². The number of carbonyl (C=O) groups is 4. The topological polar surface area (TPSA) is 255 Å². The summed E-state index contributed by atoms with van der Waals surface area (Å²) in [4.78, 5) is 62.0. The van der Waals surface area contributed by atoms with E-state index in [1.807, 2.05) is 0 Å². The summed E-state index contributed by atoms with van der Waals surface area (Å²) in [5, 5.41) is 24.6. The number of aliphatic hydroxyl groups is 1. The highest BCUT2D eigenvalue weighted by Crippen LogP contribution is 2.20. The van der Waals surface area contributed by atoms with Gasteiger partial charge in [0, 0.05) is 31.4 Å². The standard InChI is InChI=1S/C21H35N9O6/c1-11(31)16(29-17(32)13(22)4-2-6-26-21(23)24)19(34)30-7-3-5-15(30)18(33)28-14(20(35)36)8-12-9-25-10-27-12/h9-11,13-16,31H,2-8,22H2,1H3,(H,25,27)(H,28,33)(H,29,32)(H,35,36)(H4,23,24,26). The lowest BCUT2D eigenvalue weighted by atomic mass is 10.1. The van der Waals surface area contributed by atoms with Crippen LogP contribution in [0.4, 0.5) is 0 Å². The van der Waals surface area contributed by atoms with Crippen LogP contribution in [0.25, 0.3) is 0 Å². The van der Waals surface area contributed by atoms with E-state index in [0.29, 0.717) is 25.0 Å². The number of hydrogen-bond donors (Lipinski definition) is 8. The van der Waals surface area contributed by atoms with Crippen LogP contribution in [0.2, 0.25) is 0 Å². The van der Waals surface area contributed by atoms with Crippen LogP contribution in [-0.4, -0.2) is 98.1 Å². The zero-order chi connectivity index (χ0) is 26.8. The second-order valence-electron chi connectivity index (χ2n) is 8.65. The van der Waals surface area contributed by atoms with Crippen molar-refractivity contribution in [3.63, 3.8) is 0 Å². The first-order valence-electron chi connectivity index (χ1n) is 11.6. The van der Waals surface area contributed by atoms with Crippen molar-refractivity contribution in [3.8, 4) is 0 Å². The monoisotopic (exact) mass is 509 g/mol. The van der Waals surface area contributed by atoms with Gasteiger partial charge in [-0.1, -0.05) is 0 Å². The molecule has 0 bridgehead atoms. The number of aromatic nitrogens is 2. The molecule has 3 amide bonds. The highest BCUT2D eigenvalue weighted by Gasteiger charge is 2.40. The summed E-state index contributed by atoms with van der Waals surface area (Å²) in [6.45, 7) is 1.83. The number of nitrogens with zero attached hydrogens (tertiary/aromatic N) is 3. The summed E-state index contributed by atoms with van der Waals surface area (Å²) in [6, 6.07) is -4.49. The van der Waals surface area contributed by atoms with E-state index in [1.54, 1.807) is 0 Å². The molecule has 5 atom stereocenters. The van der Waals surface area contributed by atoms with Gasteiger partial charge in [0.2, 0.25) is 17.7 Å². The van der Waals surface area contributed by atoms with Gasteiger partial charge in [-0.25, -0.2) is 9.78 Å². The van der Waals surface area contributed by atoms with Gasteiger partial charge >= 0.3 is 5.97 Å². The first-order valence-corrected chi connectivity index (χ1v) is 11.6. The minimum absolute atomic E-state index is 0.0187. The zero-order valence-corrected chi connectivity index (χ0v) is 20.1. The number of aromatic amines is 1. The van der Waals surface area contributed by atoms with Crippen LogP contribution in [0.5, 0.6) is 0 Å². The molecule has 5 unspecified atom stereocenters. The highest BCUT2D eigenvalue weighted by molar-refractivity contribution is 5.94. The number of aliphatic carboxylic acids is 1. The Morgan fingerprint density at radius 1 is 1.31 bits per heavy atom. The second kappa shape index (κ2) is 13.4. The fourth-order valence-electron chi connectivity index (χ4n) is 3.87. The number of H-pyrrole nitrogens is 1. The van der Waals surface area contributed by atoms with E-state index in [4.69, 9.17) is 17.2 Å². The van der Waals surface area contributed by atoms with Crippen molar-refractivity contribution in [2.75, 3.05) is 13.1 Å². The Kier molecular flexibility index (Phi) is 10.6. The van der Waals surface area contributed by atoms with E-state index in [-0.39, 0.29) is 31.9 Å². The van der Waals surface area contributed by atoms with Crippen LogP contribution in [-0.2, 0) is 25.6 Å². The van der Waals surface area contributed by atoms with Crippen molar-refractivity contribution in [1.82, 2.24) is 25.5 Å². The molecule has 0 spiro atoms. The smallest absolute Gasteiger partial charge is 0.326 e. The number of hydrogen-bond acceptors (Lipinski definition) is 8. The van der Waals surface area contributed by atoms with Gasteiger partial charge in [-0.3, -0.25) is 19.4 Å². The minimum atomic E-state index is -1.34. The SMILES string of the molecule is CC(O)C(NC(=O)C(N)CCCN=C(N)N)C(=O)N1CCCC1C(=O)NC(Cc1cnc[nH]1)C(=O)O. The number of nitrogens with two attached hydrogens (primary N) is 3. The highest BCUT2D eigenvalue weighted by atomic mass is 16.4. The molecule has 200 valence electrons. The molecular weight excluding hydrogens is 474 g/mol. The third-order valence-corrected chi connectivity index (χ3v) is 5.78. The van der Waals surface area contributed by atoms with Gasteiger partial charge in [0.15, 0.2) is 5.96 Å². The molecule has 1 aromatic rings. The predicted molar refractivity (Wildman–Crippen MR) is 128 cm³/mol. The van der Waals surface area contributed by atoms with Gasteiger partial charge < -0.3 is 47.9 Å². The Morgan fingerprint density at radius 3 is 2.61 bits per heavy atom. The maximum absolute atomic E-state index is 13.2. The molecule has 1 saturated heterocycles. The Bertz CT molecular complexity index is 932. The van der Waals surface area contributed by atoms with Crippen LogP contribution in [0.3, 0.4) is 0 Å². The lowest BCUT2D eigenvalue weighted by Crippen LogP contribution is -2.59. The Morgan fingerprint density at radius 2 is 2.03 bits per heavy atom. The molecule has 0 radical (unpaired) electrons. The van der Waals surface area contributed by atoms with Gasteiger partial charge in [0.05, 0.1) is 18.5 Å². The Hall–Kier alpha value is -3.72. The molecule has 15 heteroatoms. The molecule has 1 fully saturated rings. The maximum Gasteiger partial charge on any atom is 0.326 e. The van der Waals surface area contributed by atoms with E-state index >= 15 is 0 Å². The van der Waals surface area contributed by atoms with Crippen molar-refractivity contribution in [2.45, 2.75) is 69.3 Å². The van der Waals surface area contributed by atoms with Crippen molar-refractivity contribution in [3.05, 3.63) is 18.2 Å². The number of amides is 3. The van der Waals surface area contributed by atoms with Gasteiger partial charge in [-0.2, -0.15) is 0 Å². The lowest BCUT2D eigenvalue weighted by molar-refractivity contribution is -0.146. The number of carboxylic acids is 1. The van der Waals surface area contributed by atoms with Crippen LogP contribution in [0, 0.1) is 0 Å². The fourth-order valence-corrected chi connectivity index (χ4v) is 3.87. The molecular formula is C21H35N9O6. The van der Waals surface area contributed by atoms with E-state index in [1.165, 1.54) is 24.3 Å². The second-order valence-corrected chi connectivity index (χ2v) is 8.65. The van der Waals surface area contributed by atoms with Crippen molar-refractivity contribution in [2.24, 2.45) is 22.2 Å². The van der Waals surface area contributed by atoms with Gasteiger partial charge in [-0.15, -0.1) is 0 Å². The molecule has 0 aromatic carbocycles. The quantitative estimate of drug-likeness (QED) is 0.0748. The number of carbonyl (C=O) groups excluding carboxylic acids is 3. The third kappa shape index (κ3) is 8.20. The predicted octanol–water partition coefficient (Wildman–Crippen LogP) is -3.24. The number of rotatable bonds is 13. The van der Waals surface area contributed by atoms with Crippen LogP contribution < -0.4 is 27.8 Å². The molecule has 0 aliphatic carbocycles. The summed E-state index contributed by atoms with van der Waals surface area (Å²) < 4.78 is 0. The molecule has 2 heterocycles. The van der Waals surface area contributed by atoms with E-state index in [0.717, 1.165) is 0 Å². The Balaban J connectivity index is 2.02. The van der Waals surface area contributed by atoms with Crippen molar-refractivity contribution >= 4 is 29.7 Å². The largest absolute Gasteiger partial charge is 0.480 e. The number of likely N-dealkylation sites (tertiary alicyclic amines) is 1. The van der Waals surface area contributed by atoms with Crippen LogP contribution in [0.1, 0.15) is 38.3 Å². The molecule has 0 saturated carbocycles. The lowest BCUT2D eigenvalue weighted by Gasteiger charge is -2.31. The average molecular weight is 510 g/mol. The first-order chi connectivity index (χ1) is 17.0. The normalized spacial score (nSPS) is 18.5. The minimum Gasteiger partial charge on any atom is -0.480 e. The first kappa shape index (κ1) is 28.5. The zero-order valence-electron chi connectivity index (χ0n) is 20.1. The number of imidazole rings is 1. The summed E-state index contributed by atoms with van der Waals surface area (Å²) in [5.74, 6) is -3.27. The van der Waals surface area contributed by atoms with E-state index in [9.17, 15) is 29.4 Å². The fraction of sp³-hybridized carbons (Fsp3) is 0.619. The van der Waals surface area contributed by atoms with Gasteiger partial charge in [0.25, 0.3) is 0 Å².